The maximum Gasteiger partial charge on any atom is 0.0252 e. The Balaban J connectivity index is 3.29. The predicted molar refractivity (Wildman–Crippen MR) is 51.5 cm³/mol. The Morgan fingerprint density at radius 1 is 1.27 bits per heavy atom. The van der Waals surface area contributed by atoms with E-state index in [-0.39, 0.29) is 0 Å². The quantitative estimate of drug-likeness (QED) is 0.763. The molecule has 0 saturated carbocycles. The summed E-state index contributed by atoms with van der Waals surface area (Å²) in [6, 6.07) is 4.20. The molecule has 0 aromatic heterocycles. The fourth-order valence-corrected chi connectivity index (χ4v) is 1.69. The van der Waals surface area contributed by atoms with Crippen LogP contribution in [0.5, 0.6) is 0 Å². The summed E-state index contributed by atoms with van der Waals surface area (Å²) in [6.45, 7) is 4.75. The van der Waals surface area contributed by atoms with Crippen LogP contribution in [0.15, 0.2) is 16.6 Å². The van der Waals surface area contributed by atoms with Gasteiger partial charge in [-0.25, -0.2) is 0 Å². The normalized spacial score (nSPS) is 10.2. The number of benzene rings is 1. The van der Waals surface area contributed by atoms with E-state index < -0.39 is 0 Å². The number of nitrogens with two attached hydrogens (primary N) is 1. The summed E-state index contributed by atoms with van der Waals surface area (Å²) in [5.74, 6) is 0. The molecule has 0 atom stereocenters. The standard InChI is InChI=1S/C9H12BrN/c1-6-3-4-7(2)9(10)8(6)5-11/h3-4H,5,11H2,1-2H3. The van der Waals surface area contributed by atoms with Crippen molar-refractivity contribution in [2.24, 2.45) is 5.73 Å². The van der Waals surface area contributed by atoms with Gasteiger partial charge in [0.25, 0.3) is 0 Å². The summed E-state index contributed by atoms with van der Waals surface area (Å²) in [5, 5.41) is 0. The molecule has 0 saturated heterocycles. The number of hydrogen-bond donors (Lipinski definition) is 1. The summed E-state index contributed by atoms with van der Waals surface area (Å²) in [5.41, 5.74) is 9.30. The smallest absolute Gasteiger partial charge is 0.0252 e. The fourth-order valence-electron chi connectivity index (χ4n) is 1.09. The third kappa shape index (κ3) is 1.63. The Morgan fingerprint density at radius 2 is 1.82 bits per heavy atom. The van der Waals surface area contributed by atoms with E-state index in [2.05, 4.69) is 41.9 Å². The lowest BCUT2D eigenvalue weighted by atomic mass is 10.1. The lowest BCUT2D eigenvalue weighted by Crippen LogP contribution is -2.01. The van der Waals surface area contributed by atoms with E-state index in [1.807, 2.05) is 0 Å². The summed E-state index contributed by atoms with van der Waals surface area (Å²) >= 11 is 3.51. The molecule has 1 rings (SSSR count). The van der Waals surface area contributed by atoms with Gasteiger partial charge in [-0.1, -0.05) is 28.1 Å². The summed E-state index contributed by atoms with van der Waals surface area (Å²) in [7, 11) is 0. The van der Waals surface area contributed by atoms with Crippen molar-refractivity contribution in [3.8, 4) is 0 Å². The molecule has 0 fully saturated rings. The van der Waals surface area contributed by atoms with Crippen LogP contribution in [0.3, 0.4) is 0 Å². The van der Waals surface area contributed by atoms with Crippen LogP contribution in [0.25, 0.3) is 0 Å². The van der Waals surface area contributed by atoms with Gasteiger partial charge in [0.15, 0.2) is 0 Å². The number of rotatable bonds is 1. The summed E-state index contributed by atoms with van der Waals surface area (Å²) in [4.78, 5) is 0. The van der Waals surface area contributed by atoms with Crippen LogP contribution in [0, 0.1) is 13.8 Å². The van der Waals surface area contributed by atoms with Crippen LogP contribution in [-0.2, 0) is 6.54 Å². The van der Waals surface area contributed by atoms with Crippen molar-refractivity contribution in [3.05, 3.63) is 33.3 Å². The topological polar surface area (TPSA) is 26.0 Å². The molecule has 1 nitrogen and oxygen atoms in total. The van der Waals surface area contributed by atoms with Crippen LogP contribution < -0.4 is 5.73 Å². The van der Waals surface area contributed by atoms with Gasteiger partial charge in [-0.2, -0.15) is 0 Å². The first-order chi connectivity index (χ1) is 5.16. The van der Waals surface area contributed by atoms with Gasteiger partial charge in [-0.3, -0.25) is 0 Å². The highest BCUT2D eigenvalue weighted by molar-refractivity contribution is 9.10. The van der Waals surface area contributed by atoms with Crippen molar-refractivity contribution in [3.63, 3.8) is 0 Å². The molecule has 0 aliphatic carbocycles. The lowest BCUT2D eigenvalue weighted by molar-refractivity contribution is 1.03. The zero-order valence-electron chi connectivity index (χ0n) is 6.82. The molecule has 0 bridgehead atoms. The van der Waals surface area contributed by atoms with Crippen LogP contribution in [-0.4, -0.2) is 0 Å². The highest BCUT2D eigenvalue weighted by Crippen LogP contribution is 2.23. The first-order valence-electron chi connectivity index (χ1n) is 3.61. The monoisotopic (exact) mass is 213 g/mol. The van der Waals surface area contributed by atoms with Crippen molar-refractivity contribution >= 4 is 15.9 Å². The van der Waals surface area contributed by atoms with Crippen molar-refractivity contribution in [1.29, 1.82) is 0 Å². The number of hydrogen-bond acceptors (Lipinski definition) is 1. The van der Waals surface area contributed by atoms with E-state index in [4.69, 9.17) is 5.73 Å². The molecule has 0 heterocycles. The molecular formula is C9H12BrN. The van der Waals surface area contributed by atoms with Gasteiger partial charge < -0.3 is 5.73 Å². The van der Waals surface area contributed by atoms with Crippen LogP contribution in [0.4, 0.5) is 0 Å². The largest absolute Gasteiger partial charge is 0.326 e. The molecule has 11 heavy (non-hydrogen) atoms. The Kier molecular flexibility index (Phi) is 2.68. The molecule has 1 aromatic carbocycles. The second kappa shape index (κ2) is 3.37. The van der Waals surface area contributed by atoms with E-state index in [0.29, 0.717) is 6.54 Å². The van der Waals surface area contributed by atoms with Gasteiger partial charge >= 0.3 is 0 Å². The molecule has 0 amide bonds. The van der Waals surface area contributed by atoms with E-state index >= 15 is 0 Å². The van der Waals surface area contributed by atoms with E-state index in [9.17, 15) is 0 Å². The highest BCUT2D eigenvalue weighted by atomic mass is 79.9. The molecule has 0 aliphatic heterocycles. The first-order valence-corrected chi connectivity index (χ1v) is 4.40. The Labute approximate surface area is 75.7 Å². The molecule has 0 aliphatic rings. The average Bonchev–Trinajstić information content (AvgIpc) is 1.99. The number of halogens is 1. The molecule has 60 valence electrons. The predicted octanol–water partition coefficient (Wildman–Crippen LogP) is 2.52. The maximum atomic E-state index is 5.59. The van der Waals surface area contributed by atoms with Crippen LogP contribution >= 0.6 is 15.9 Å². The summed E-state index contributed by atoms with van der Waals surface area (Å²) in [6.07, 6.45) is 0. The molecule has 0 radical (unpaired) electrons. The van der Waals surface area contributed by atoms with Gasteiger partial charge in [0.05, 0.1) is 0 Å². The minimum atomic E-state index is 0.605. The van der Waals surface area contributed by atoms with Gasteiger partial charge in [-0.05, 0) is 30.5 Å². The van der Waals surface area contributed by atoms with E-state index in [1.165, 1.54) is 16.7 Å². The summed E-state index contributed by atoms with van der Waals surface area (Å²) < 4.78 is 1.15. The first kappa shape index (κ1) is 8.75. The molecule has 1 aromatic rings. The van der Waals surface area contributed by atoms with Crippen molar-refractivity contribution in [2.75, 3.05) is 0 Å². The SMILES string of the molecule is Cc1ccc(C)c(CN)c1Br. The zero-order chi connectivity index (χ0) is 8.43. The second-order valence-corrected chi connectivity index (χ2v) is 3.49. The van der Waals surface area contributed by atoms with Gasteiger partial charge in [0.1, 0.15) is 0 Å². The van der Waals surface area contributed by atoms with Crippen molar-refractivity contribution in [1.82, 2.24) is 0 Å². The molecular weight excluding hydrogens is 202 g/mol. The van der Waals surface area contributed by atoms with Gasteiger partial charge in [0, 0.05) is 11.0 Å². The number of aryl methyl sites for hydroxylation is 2. The van der Waals surface area contributed by atoms with Gasteiger partial charge in [0.2, 0.25) is 0 Å². The zero-order valence-corrected chi connectivity index (χ0v) is 8.40. The fraction of sp³-hybridized carbons (Fsp3) is 0.333. The second-order valence-electron chi connectivity index (χ2n) is 2.70. The molecule has 2 N–H and O–H groups in total. The lowest BCUT2D eigenvalue weighted by Gasteiger charge is -2.07. The average molecular weight is 214 g/mol. The Bertz CT molecular complexity index is 269. The Hall–Kier alpha value is -0.340. The third-order valence-electron chi connectivity index (χ3n) is 1.87. The molecule has 2 heteroatoms. The third-order valence-corrected chi connectivity index (χ3v) is 2.98. The van der Waals surface area contributed by atoms with E-state index in [1.54, 1.807) is 0 Å². The van der Waals surface area contributed by atoms with E-state index in [0.717, 1.165) is 4.47 Å². The molecule has 0 unspecified atom stereocenters. The van der Waals surface area contributed by atoms with Gasteiger partial charge in [-0.15, -0.1) is 0 Å². The van der Waals surface area contributed by atoms with Crippen molar-refractivity contribution < 1.29 is 0 Å². The van der Waals surface area contributed by atoms with Crippen LogP contribution in [0.1, 0.15) is 16.7 Å². The Morgan fingerprint density at radius 3 is 2.27 bits per heavy atom. The maximum absolute atomic E-state index is 5.59. The minimum absolute atomic E-state index is 0.605. The minimum Gasteiger partial charge on any atom is -0.326 e. The highest BCUT2D eigenvalue weighted by Gasteiger charge is 2.03. The molecule has 0 spiro atoms. The van der Waals surface area contributed by atoms with Crippen molar-refractivity contribution in [2.45, 2.75) is 20.4 Å². The van der Waals surface area contributed by atoms with Crippen LogP contribution in [0.2, 0.25) is 0 Å².